The summed E-state index contributed by atoms with van der Waals surface area (Å²) in [4.78, 5) is 30.0. The molecule has 1 fully saturated rings. The topological polar surface area (TPSA) is 66.7 Å². The van der Waals surface area contributed by atoms with Gasteiger partial charge in [0.05, 0.1) is 17.9 Å². The zero-order valence-electron chi connectivity index (χ0n) is 13.3. The molecule has 0 unspecified atom stereocenters. The molecule has 3 rings (SSSR count). The second kappa shape index (κ2) is 5.87. The van der Waals surface area contributed by atoms with Crippen LogP contribution in [-0.4, -0.2) is 38.7 Å². The fraction of sp³-hybridized carbons (Fsp3) is 0.353. The molecule has 23 heavy (non-hydrogen) atoms. The summed E-state index contributed by atoms with van der Waals surface area (Å²) in [5.41, 5.74) is 2.88. The maximum atomic E-state index is 12.4. The highest BCUT2D eigenvalue weighted by molar-refractivity contribution is 5.94. The third-order valence-corrected chi connectivity index (χ3v) is 4.34. The summed E-state index contributed by atoms with van der Waals surface area (Å²) < 4.78 is 1.98. The number of pyridine rings is 1. The number of aryl methyl sites for hydroxylation is 1. The van der Waals surface area contributed by atoms with E-state index in [0.717, 1.165) is 16.9 Å². The van der Waals surface area contributed by atoms with Gasteiger partial charge in [0.15, 0.2) is 0 Å². The van der Waals surface area contributed by atoms with Gasteiger partial charge in [0, 0.05) is 12.7 Å². The zero-order chi connectivity index (χ0) is 16.6. The van der Waals surface area contributed by atoms with Crippen LogP contribution < -0.4 is 5.32 Å². The van der Waals surface area contributed by atoms with E-state index < -0.39 is 6.04 Å². The zero-order valence-corrected chi connectivity index (χ0v) is 13.3. The van der Waals surface area contributed by atoms with Crippen molar-refractivity contribution in [1.29, 1.82) is 0 Å². The fourth-order valence-corrected chi connectivity index (χ4v) is 2.92. The van der Waals surface area contributed by atoms with E-state index in [1.165, 1.54) is 11.0 Å². The Hall–Kier alpha value is -2.63. The van der Waals surface area contributed by atoms with Crippen molar-refractivity contribution in [2.75, 3.05) is 6.54 Å². The van der Waals surface area contributed by atoms with Crippen molar-refractivity contribution >= 4 is 17.5 Å². The van der Waals surface area contributed by atoms with Crippen LogP contribution in [0.3, 0.4) is 0 Å². The highest BCUT2D eigenvalue weighted by Gasteiger charge is 2.37. The average molecular weight is 312 g/mol. The normalized spacial score (nSPS) is 18.3. The number of fused-ring (bicyclic) bond motifs is 1. The lowest BCUT2D eigenvalue weighted by molar-refractivity contribution is -0.144. The number of amides is 2. The Bertz CT molecular complexity index is 780. The van der Waals surface area contributed by atoms with Gasteiger partial charge in [0.25, 0.3) is 0 Å². The molecule has 0 radical (unpaired) electrons. The quantitative estimate of drug-likeness (QED) is 0.872. The summed E-state index contributed by atoms with van der Waals surface area (Å²) in [5, 5.41) is 2.98. The Morgan fingerprint density at radius 2 is 2.30 bits per heavy atom. The molecule has 0 aliphatic carbocycles. The summed E-state index contributed by atoms with van der Waals surface area (Å²) in [5.74, 6) is -0.337. The molecule has 0 spiro atoms. The van der Waals surface area contributed by atoms with E-state index in [4.69, 9.17) is 0 Å². The van der Waals surface area contributed by atoms with E-state index in [-0.39, 0.29) is 17.9 Å². The minimum Gasteiger partial charge on any atom is -0.346 e. The van der Waals surface area contributed by atoms with Crippen molar-refractivity contribution in [3.8, 4) is 0 Å². The molecular formula is C17H20N4O2. The maximum Gasteiger partial charge on any atom is 0.246 e. The number of imidazole rings is 1. The maximum absolute atomic E-state index is 12.4. The van der Waals surface area contributed by atoms with Crippen LogP contribution in [0.1, 0.15) is 30.6 Å². The lowest BCUT2D eigenvalue weighted by atomic mass is 10.0. The number of carbonyl (C=O) groups is 2. The predicted molar refractivity (Wildman–Crippen MR) is 86.8 cm³/mol. The van der Waals surface area contributed by atoms with Crippen LogP contribution >= 0.6 is 0 Å². The first-order valence-electron chi connectivity index (χ1n) is 7.69. The highest BCUT2D eigenvalue weighted by atomic mass is 16.2. The molecule has 0 aromatic carbocycles. The van der Waals surface area contributed by atoms with Gasteiger partial charge in [-0.15, -0.1) is 0 Å². The SMILES string of the molecule is C=CC(=O)N1CC[C@H]1C(=O)N[C@@H](C)c1cnc2c(C)cccn12. The first-order chi connectivity index (χ1) is 11.0. The molecule has 1 aliphatic rings. The number of aromatic nitrogens is 2. The molecule has 2 aromatic rings. The average Bonchev–Trinajstić information content (AvgIpc) is 2.91. The van der Waals surface area contributed by atoms with Crippen LogP contribution in [0.4, 0.5) is 0 Å². The fourth-order valence-electron chi connectivity index (χ4n) is 2.92. The minimum absolute atomic E-state index is 0.137. The van der Waals surface area contributed by atoms with Crippen LogP contribution in [0.2, 0.25) is 0 Å². The molecule has 120 valence electrons. The minimum atomic E-state index is -0.399. The van der Waals surface area contributed by atoms with Gasteiger partial charge in [-0.3, -0.25) is 9.59 Å². The van der Waals surface area contributed by atoms with Crippen LogP contribution in [-0.2, 0) is 9.59 Å². The summed E-state index contributed by atoms with van der Waals surface area (Å²) in [7, 11) is 0. The van der Waals surface area contributed by atoms with Crippen LogP contribution in [0.5, 0.6) is 0 Å². The summed E-state index contributed by atoms with van der Waals surface area (Å²) in [6.07, 6.45) is 5.64. The standard InChI is InChI=1S/C17H20N4O2/c1-4-15(22)20-9-7-13(20)17(23)19-12(3)14-10-18-16-11(2)6-5-8-21(14)16/h4-6,8,10,12-13H,1,7,9H2,2-3H3,(H,19,23)/t12-,13-/m0/s1. The van der Waals surface area contributed by atoms with Crippen molar-refractivity contribution in [1.82, 2.24) is 19.6 Å². The Balaban J connectivity index is 1.75. The van der Waals surface area contributed by atoms with Crippen molar-refractivity contribution in [3.63, 3.8) is 0 Å². The third-order valence-electron chi connectivity index (χ3n) is 4.34. The second-order valence-electron chi connectivity index (χ2n) is 5.84. The van der Waals surface area contributed by atoms with Gasteiger partial charge in [0.1, 0.15) is 11.7 Å². The van der Waals surface area contributed by atoms with E-state index in [1.54, 1.807) is 6.20 Å². The van der Waals surface area contributed by atoms with Gasteiger partial charge in [-0.25, -0.2) is 4.98 Å². The smallest absolute Gasteiger partial charge is 0.246 e. The Labute approximate surface area is 134 Å². The van der Waals surface area contributed by atoms with Crippen molar-refractivity contribution in [2.45, 2.75) is 32.4 Å². The largest absolute Gasteiger partial charge is 0.346 e. The van der Waals surface area contributed by atoms with Gasteiger partial charge in [-0.05, 0) is 38.0 Å². The number of hydrogen-bond acceptors (Lipinski definition) is 3. The second-order valence-corrected chi connectivity index (χ2v) is 5.84. The monoisotopic (exact) mass is 312 g/mol. The molecular weight excluding hydrogens is 292 g/mol. The molecule has 2 aromatic heterocycles. The van der Waals surface area contributed by atoms with Gasteiger partial charge < -0.3 is 14.6 Å². The summed E-state index contributed by atoms with van der Waals surface area (Å²) in [6.45, 7) is 7.99. The van der Waals surface area contributed by atoms with Gasteiger partial charge in [0.2, 0.25) is 11.8 Å². The van der Waals surface area contributed by atoms with Crippen LogP contribution in [0.25, 0.3) is 5.65 Å². The van der Waals surface area contributed by atoms with Gasteiger partial charge in [-0.2, -0.15) is 0 Å². The van der Waals surface area contributed by atoms with Crippen LogP contribution in [0.15, 0.2) is 37.2 Å². The third kappa shape index (κ3) is 2.60. The van der Waals surface area contributed by atoms with Crippen molar-refractivity contribution in [3.05, 3.63) is 48.4 Å². The molecule has 1 aliphatic heterocycles. The Morgan fingerprint density at radius 1 is 1.52 bits per heavy atom. The number of carbonyl (C=O) groups excluding carboxylic acids is 2. The Kier molecular flexibility index (Phi) is 3.90. The molecule has 1 saturated heterocycles. The van der Waals surface area contributed by atoms with E-state index in [1.807, 2.05) is 36.6 Å². The molecule has 6 heteroatoms. The molecule has 6 nitrogen and oxygen atoms in total. The molecule has 0 saturated carbocycles. The number of likely N-dealkylation sites (tertiary alicyclic amines) is 1. The molecule has 3 heterocycles. The van der Waals surface area contributed by atoms with E-state index in [2.05, 4.69) is 16.9 Å². The summed E-state index contributed by atoms with van der Waals surface area (Å²) >= 11 is 0. The van der Waals surface area contributed by atoms with Crippen molar-refractivity contribution in [2.24, 2.45) is 0 Å². The number of nitrogens with zero attached hydrogens (tertiary/aromatic N) is 3. The number of rotatable bonds is 4. The lowest BCUT2D eigenvalue weighted by Crippen LogP contribution is -2.58. The summed E-state index contributed by atoms with van der Waals surface area (Å²) in [6, 6.07) is 3.37. The first kappa shape index (κ1) is 15.3. The predicted octanol–water partition coefficient (Wildman–Crippen LogP) is 1.61. The van der Waals surface area contributed by atoms with Gasteiger partial charge in [-0.1, -0.05) is 12.6 Å². The molecule has 1 N–H and O–H groups in total. The molecule has 0 bridgehead atoms. The molecule has 2 amide bonds. The Morgan fingerprint density at radius 3 is 2.96 bits per heavy atom. The van der Waals surface area contributed by atoms with E-state index in [0.29, 0.717) is 13.0 Å². The highest BCUT2D eigenvalue weighted by Crippen LogP contribution is 2.21. The van der Waals surface area contributed by atoms with E-state index in [9.17, 15) is 9.59 Å². The number of hydrogen-bond donors (Lipinski definition) is 1. The van der Waals surface area contributed by atoms with E-state index >= 15 is 0 Å². The number of nitrogens with one attached hydrogen (secondary N) is 1. The van der Waals surface area contributed by atoms with Gasteiger partial charge >= 0.3 is 0 Å². The molecule has 2 atom stereocenters. The van der Waals surface area contributed by atoms with Crippen LogP contribution in [0, 0.1) is 6.92 Å². The van der Waals surface area contributed by atoms with Crippen molar-refractivity contribution < 1.29 is 9.59 Å². The first-order valence-corrected chi connectivity index (χ1v) is 7.69. The lowest BCUT2D eigenvalue weighted by Gasteiger charge is -2.39.